The standard InChI is InChI=1S/C12H21BO3/c1-7-8-14-9-10(2)13-15-11(3,4)12(5,6)16-13/h7H,1-2,8-9H2,3-6H3. The fourth-order valence-corrected chi connectivity index (χ4v) is 1.35. The van der Waals surface area contributed by atoms with E-state index in [0.717, 1.165) is 5.47 Å². The number of rotatable bonds is 5. The minimum absolute atomic E-state index is 0.320. The third-order valence-corrected chi connectivity index (χ3v) is 3.11. The van der Waals surface area contributed by atoms with Crippen LogP contribution >= 0.6 is 0 Å². The van der Waals surface area contributed by atoms with Gasteiger partial charge in [0.15, 0.2) is 0 Å². The molecule has 1 aliphatic rings. The molecule has 0 spiro atoms. The lowest BCUT2D eigenvalue weighted by atomic mass is 9.80. The first-order valence-electron chi connectivity index (χ1n) is 5.52. The molecule has 4 heteroatoms. The van der Waals surface area contributed by atoms with Crippen molar-refractivity contribution in [3.05, 3.63) is 24.7 Å². The van der Waals surface area contributed by atoms with Crippen LogP contribution in [0.5, 0.6) is 0 Å². The van der Waals surface area contributed by atoms with Gasteiger partial charge in [0, 0.05) is 0 Å². The largest absolute Gasteiger partial charge is 0.492 e. The third kappa shape index (κ3) is 2.76. The SMILES string of the molecule is C=CCOCC(=C)B1OC(C)(C)C(C)(C)O1. The van der Waals surface area contributed by atoms with Crippen molar-refractivity contribution in [3.63, 3.8) is 0 Å². The van der Waals surface area contributed by atoms with Gasteiger partial charge in [0.25, 0.3) is 0 Å². The average molecular weight is 224 g/mol. The lowest BCUT2D eigenvalue weighted by molar-refractivity contribution is 0.00578. The molecule has 0 aliphatic carbocycles. The highest BCUT2D eigenvalue weighted by atomic mass is 16.7. The Kier molecular flexibility index (Phi) is 3.99. The van der Waals surface area contributed by atoms with Crippen molar-refractivity contribution in [2.75, 3.05) is 13.2 Å². The normalized spacial score (nSPS) is 22.1. The van der Waals surface area contributed by atoms with Gasteiger partial charge in [0.1, 0.15) is 0 Å². The predicted octanol–water partition coefficient (Wildman–Crippen LogP) is 2.38. The van der Waals surface area contributed by atoms with Crippen LogP contribution in [-0.2, 0) is 14.0 Å². The van der Waals surface area contributed by atoms with Gasteiger partial charge >= 0.3 is 7.12 Å². The second-order valence-corrected chi connectivity index (χ2v) is 5.05. The van der Waals surface area contributed by atoms with E-state index in [1.165, 1.54) is 0 Å². The van der Waals surface area contributed by atoms with Gasteiger partial charge in [-0.1, -0.05) is 6.08 Å². The van der Waals surface area contributed by atoms with Gasteiger partial charge < -0.3 is 14.0 Å². The van der Waals surface area contributed by atoms with E-state index < -0.39 is 0 Å². The molecule has 0 aromatic heterocycles. The Morgan fingerprint density at radius 2 is 1.75 bits per heavy atom. The molecule has 0 amide bonds. The maximum Gasteiger partial charge on any atom is 0.492 e. The third-order valence-electron chi connectivity index (χ3n) is 3.11. The summed E-state index contributed by atoms with van der Waals surface area (Å²) in [6.07, 6.45) is 1.71. The lowest BCUT2D eigenvalue weighted by Gasteiger charge is -2.32. The zero-order valence-corrected chi connectivity index (χ0v) is 10.7. The Morgan fingerprint density at radius 1 is 1.25 bits per heavy atom. The maximum atomic E-state index is 5.83. The fourth-order valence-electron chi connectivity index (χ4n) is 1.35. The zero-order valence-electron chi connectivity index (χ0n) is 10.7. The molecule has 0 N–H and O–H groups in total. The molecule has 1 fully saturated rings. The Morgan fingerprint density at radius 3 is 2.19 bits per heavy atom. The summed E-state index contributed by atoms with van der Waals surface area (Å²) in [5.41, 5.74) is 0.165. The Balaban J connectivity index is 2.52. The number of hydrogen-bond donors (Lipinski definition) is 0. The molecular formula is C12H21BO3. The second kappa shape index (κ2) is 4.74. The van der Waals surface area contributed by atoms with Crippen LogP contribution in [0.25, 0.3) is 0 Å². The molecule has 0 saturated carbocycles. The summed E-state index contributed by atoms with van der Waals surface area (Å²) in [5, 5.41) is 0. The monoisotopic (exact) mass is 224 g/mol. The molecule has 3 nitrogen and oxygen atoms in total. The summed E-state index contributed by atoms with van der Waals surface area (Å²) in [4.78, 5) is 0. The van der Waals surface area contributed by atoms with E-state index in [1.807, 2.05) is 27.7 Å². The Hall–Kier alpha value is -0.575. The molecule has 0 bridgehead atoms. The quantitative estimate of drug-likeness (QED) is 0.407. The van der Waals surface area contributed by atoms with Crippen LogP contribution in [0.1, 0.15) is 27.7 Å². The summed E-state index contributed by atoms with van der Waals surface area (Å²) in [6.45, 7) is 16.5. The number of hydrogen-bond acceptors (Lipinski definition) is 3. The van der Waals surface area contributed by atoms with Gasteiger partial charge in [-0.3, -0.25) is 0 Å². The topological polar surface area (TPSA) is 27.7 Å². The van der Waals surface area contributed by atoms with E-state index in [9.17, 15) is 0 Å². The number of ether oxygens (including phenoxy) is 1. The fraction of sp³-hybridized carbons (Fsp3) is 0.667. The molecule has 0 aromatic rings. The molecular weight excluding hydrogens is 203 g/mol. The van der Waals surface area contributed by atoms with E-state index in [-0.39, 0.29) is 18.3 Å². The molecule has 0 unspecified atom stereocenters. The van der Waals surface area contributed by atoms with Crippen molar-refractivity contribution in [2.24, 2.45) is 0 Å². The smallest absolute Gasteiger partial charge is 0.400 e. The van der Waals surface area contributed by atoms with Crippen LogP contribution in [0.2, 0.25) is 0 Å². The van der Waals surface area contributed by atoms with Crippen molar-refractivity contribution < 1.29 is 14.0 Å². The van der Waals surface area contributed by atoms with Gasteiger partial charge in [-0.25, -0.2) is 0 Å². The molecule has 90 valence electrons. The Labute approximate surface area is 98.6 Å². The molecule has 0 radical (unpaired) electrons. The van der Waals surface area contributed by atoms with E-state index in [1.54, 1.807) is 6.08 Å². The van der Waals surface area contributed by atoms with Crippen LogP contribution in [0, 0.1) is 0 Å². The summed E-state index contributed by atoms with van der Waals surface area (Å²) < 4.78 is 17.0. The second-order valence-electron chi connectivity index (χ2n) is 5.05. The highest BCUT2D eigenvalue weighted by Gasteiger charge is 2.51. The molecule has 1 saturated heterocycles. The van der Waals surface area contributed by atoms with Crippen LogP contribution in [-0.4, -0.2) is 31.5 Å². The van der Waals surface area contributed by atoms with E-state index in [2.05, 4.69) is 13.2 Å². The van der Waals surface area contributed by atoms with Gasteiger partial charge in [0.2, 0.25) is 0 Å². The molecule has 1 aliphatic heterocycles. The van der Waals surface area contributed by atoms with Crippen LogP contribution < -0.4 is 0 Å². The van der Waals surface area contributed by atoms with Gasteiger partial charge in [-0.05, 0) is 33.2 Å². The molecule has 16 heavy (non-hydrogen) atoms. The van der Waals surface area contributed by atoms with Crippen molar-refractivity contribution in [2.45, 2.75) is 38.9 Å². The zero-order chi connectivity index (χ0) is 12.4. The van der Waals surface area contributed by atoms with E-state index in [0.29, 0.717) is 13.2 Å². The van der Waals surface area contributed by atoms with Crippen molar-refractivity contribution >= 4 is 7.12 Å². The van der Waals surface area contributed by atoms with Crippen molar-refractivity contribution in [3.8, 4) is 0 Å². The Bertz CT molecular complexity index is 268. The van der Waals surface area contributed by atoms with Crippen LogP contribution in [0.4, 0.5) is 0 Å². The average Bonchev–Trinajstić information content (AvgIpc) is 2.36. The van der Waals surface area contributed by atoms with E-state index in [4.69, 9.17) is 14.0 Å². The van der Waals surface area contributed by atoms with Crippen LogP contribution in [0.15, 0.2) is 24.7 Å². The van der Waals surface area contributed by atoms with Crippen molar-refractivity contribution in [1.29, 1.82) is 0 Å². The summed E-state index contributed by atoms with van der Waals surface area (Å²) >= 11 is 0. The highest BCUT2D eigenvalue weighted by Crippen LogP contribution is 2.38. The van der Waals surface area contributed by atoms with Gasteiger partial charge in [-0.15, -0.1) is 13.2 Å². The maximum absolute atomic E-state index is 5.83. The minimum atomic E-state index is -0.380. The molecule has 1 rings (SSSR count). The first-order valence-corrected chi connectivity index (χ1v) is 5.52. The molecule has 1 heterocycles. The van der Waals surface area contributed by atoms with Gasteiger partial charge in [0.05, 0.1) is 24.4 Å². The highest BCUT2D eigenvalue weighted by molar-refractivity contribution is 6.54. The first kappa shape index (κ1) is 13.5. The van der Waals surface area contributed by atoms with Gasteiger partial charge in [-0.2, -0.15) is 0 Å². The summed E-state index contributed by atoms with van der Waals surface area (Å²) in [5.74, 6) is 0. The van der Waals surface area contributed by atoms with Crippen LogP contribution in [0.3, 0.4) is 0 Å². The minimum Gasteiger partial charge on any atom is -0.400 e. The molecule has 0 atom stereocenters. The summed E-state index contributed by atoms with van der Waals surface area (Å²) in [6, 6.07) is 0. The predicted molar refractivity (Wildman–Crippen MR) is 66.2 cm³/mol. The summed E-state index contributed by atoms with van der Waals surface area (Å²) in [7, 11) is -0.380. The first-order chi connectivity index (χ1) is 7.30. The lowest BCUT2D eigenvalue weighted by Crippen LogP contribution is -2.41. The molecule has 0 aromatic carbocycles. The van der Waals surface area contributed by atoms with E-state index >= 15 is 0 Å². The van der Waals surface area contributed by atoms with Crippen molar-refractivity contribution in [1.82, 2.24) is 0 Å².